The molecule has 5 heteroatoms. The van der Waals surface area contributed by atoms with Crippen LogP contribution in [0.4, 0.5) is 0 Å². The Morgan fingerprint density at radius 2 is 1.48 bits per heavy atom. The number of aromatic hydroxyl groups is 1. The lowest BCUT2D eigenvalue weighted by molar-refractivity contribution is 0.0886. The highest BCUT2D eigenvalue weighted by atomic mass is 127. The van der Waals surface area contributed by atoms with Gasteiger partial charge < -0.3 is 5.11 Å². The lowest BCUT2D eigenvalue weighted by Gasteiger charge is -2.12. The van der Waals surface area contributed by atoms with E-state index in [0.29, 0.717) is 20.2 Å². The predicted octanol–water partition coefficient (Wildman–Crippen LogP) is 3.71. The quantitative estimate of drug-likeness (QED) is 0.486. The van der Waals surface area contributed by atoms with Gasteiger partial charge in [-0.3, -0.25) is 9.59 Å². The summed E-state index contributed by atoms with van der Waals surface area (Å²) in [4.78, 5) is 29.7. The molecule has 23 heavy (non-hydrogen) atoms. The molecule has 1 aliphatic carbocycles. The van der Waals surface area contributed by atoms with Gasteiger partial charge in [-0.2, -0.15) is 0 Å². The number of halogens is 1. The summed E-state index contributed by atoms with van der Waals surface area (Å²) in [6.45, 7) is 0. The normalized spacial score (nSPS) is 14.5. The number of carbonyl (C=O) groups is 2. The second-order valence-electron chi connectivity index (χ2n) is 5.38. The van der Waals surface area contributed by atoms with Gasteiger partial charge in [-0.05, 0) is 28.7 Å². The van der Waals surface area contributed by atoms with Gasteiger partial charge in [0, 0.05) is 16.5 Å². The van der Waals surface area contributed by atoms with Gasteiger partial charge in [0.05, 0.1) is 9.09 Å². The molecule has 1 aromatic heterocycles. The molecule has 0 amide bonds. The standard InChI is InChI=1S/C18H10INO3/c19-14-11-7-3-4-8-12(11)20-15(18(14)23)13-16(21)9-5-1-2-6-10(9)17(13)22/h1-8,13,23H. The average molecular weight is 415 g/mol. The van der Waals surface area contributed by atoms with Gasteiger partial charge in [0.15, 0.2) is 17.3 Å². The molecule has 0 spiro atoms. The monoisotopic (exact) mass is 415 g/mol. The summed E-state index contributed by atoms with van der Waals surface area (Å²) in [5.74, 6) is -1.77. The number of hydrogen-bond acceptors (Lipinski definition) is 4. The van der Waals surface area contributed by atoms with Crippen molar-refractivity contribution in [1.29, 1.82) is 0 Å². The van der Waals surface area contributed by atoms with Crippen molar-refractivity contribution in [2.24, 2.45) is 0 Å². The molecule has 0 atom stereocenters. The summed E-state index contributed by atoms with van der Waals surface area (Å²) < 4.78 is 0.597. The van der Waals surface area contributed by atoms with E-state index in [0.717, 1.165) is 5.39 Å². The zero-order valence-corrected chi connectivity index (χ0v) is 13.9. The second kappa shape index (κ2) is 5.13. The molecule has 2 aromatic carbocycles. The van der Waals surface area contributed by atoms with Crippen LogP contribution in [0.15, 0.2) is 48.5 Å². The van der Waals surface area contributed by atoms with E-state index in [-0.39, 0.29) is 23.0 Å². The van der Waals surface area contributed by atoms with Crippen LogP contribution in [0.5, 0.6) is 5.75 Å². The molecule has 0 fully saturated rings. The average Bonchev–Trinajstić information content (AvgIpc) is 2.83. The number of Topliss-reactive ketones (excluding diaryl/α,β-unsaturated/α-hetero) is 2. The minimum atomic E-state index is -1.06. The van der Waals surface area contributed by atoms with Gasteiger partial charge in [-0.25, -0.2) is 4.98 Å². The predicted molar refractivity (Wildman–Crippen MR) is 94.0 cm³/mol. The van der Waals surface area contributed by atoms with Crippen LogP contribution >= 0.6 is 22.6 Å². The lowest BCUT2D eigenvalue weighted by atomic mass is 9.97. The number of benzene rings is 2. The summed E-state index contributed by atoms with van der Waals surface area (Å²) in [6.07, 6.45) is 0. The molecule has 112 valence electrons. The molecular weight excluding hydrogens is 405 g/mol. The Hall–Kier alpha value is -2.28. The fourth-order valence-electron chi connectivity index (χ4n) is 2.97. The largest absolute Gasteiger partial charge is 0.505 e. The number of para-hydroxylation sites is 1. The molecule has 0 saturated heterocycles. The second-order valence-corrected chi connectivity index (χ2v) is 6.46. The smallest absolute Gasteiger partial charge is 0.180 e. The van der Waals surface area contributed by atoms with Crippen LogP contribution in [-0.2, 0) is 0 Å². The SMILES string of the molecule is O=C1c2ccccc2C(=O)C1c1nc2ccccc2c(I)c1O. The maximum atomic E-state index is 12.6. The third-order valence-corrected chi connectivity index (χ3v) is 5.18. The first kappa shape index (κ1) is 14.3. The van der Waals surface area contributed by atoms with Crippen LogP contribution in [0.2, 0.25) is 0 Å². The Bertz CT molecular complexity index is 962. The van der Waals surface area contributed by atoms with Gasteiger partial charge in [0.25, 0.3) is 0 Å². The molecule has 1 aliphatic rings. The van der Waals surface area contributed by atoms with Crippen LogP contribution in [0.25, 0.3) is 10.9 Å². The van der Waals surface area contributed by atoms with Crippen molar-refractivity contribution in [2.75, 3.05) is 0 Å². The number of carbonyl (C=O) groups excluding carboxylic acids is 2. The van der Waals surface area contributed by atoms with Crippen LogP contribution in [0.3, 0.4) is 0 Å². The number of aromatic nitrogens is 1. The lowest BCUT2D eigenvalue weighted by Crippen LogP contribution is -2.15. The fraction of sp³-hybridized carbons (Fsp3) is 0.0556. The van der Waals surface area contributed by atoms with Crippen LogP contribution < -0.4 is 0 Å². The maximum absolute atomic E-state index is 12.6. The van der Waals surface area contributed by atoms with E-state index >= 15 is 0 Å². The van der Waals surface area contributed by atoms with E-state index < -0.39 is 5.92 Å². The van der Waals surface area contributed by atoms with E-state index in [9.17, 15) is 14.7 Å². The molecule has 3 aromatic rings. The first-order valence-electron chi connectivity index (χ1n) is 7.04. The first-order valence-corrected chi connectivity index (χ1v) is 8.12. The zero-order chi connectivity index (χ0) is 16.1. The van der Waals surface area contributed by atoms with E-state index in [2.05, 4.69) is 4.98 Å². The molecule has 4 rings (SSSR count). The molecule has 0 aliphatic heterocycles. The highest BCUT2D eigenvalue weighted by molar-refractivity contribution is 14.1. The molecule has 0 bridgehead atoms. The highest BCUT2D eigenvalue weighted by Crippen LogP contribution is 2.40. The molecule has 0 radical (unpaired) electrons. The summed E-state index contributed by atoms with van der Waals surface area (Å²) in [5.41, 5.74) is 1.58. The number of fused-ring (bicyclic) bond motifs is 2. The maximum Gasteiger partial charge on any atom is 0.180 e. The van der Waals surface area contributed by atoms with E-state index in [1.807, 2.05) is 40.8 Å². The number of pyridine rings is 1. The van der Waals surface area contributed by atoms with Gasteiger partial charge in [0.1, 0.15) is 11.6 Å². The van der Waals surface area contributed by atoms with Crippen LogP contribution in [0, 0.1) is 3.57 Å². The number of ketones is 2. The third kappa shape index (κ3) is 1.99. The topological polar surface area (TPSA) is 67.3 Å². The fourth-order valence-corrected chi connectivity index (χ4v) is 3.70. The van der Waals surface area contributed by atoms with Crippen LogP contribution in [-0.4, -0.2) is 21.7 Å². The molecular formula is C18H10INO3. The van der Waals surface area contributed by atoms with Crippen molar-refractivity contribution in [3.63, 3.8) is 0 Å². The minimum absolute atomic E-state index is 0.0937. The molecule has 0 unspecified atom stereocenters. The van der Waals surface area contributed by atoms with Crippen molar-refractivity contribution in [3.05, 3.63) is 68.9 Å². The Kier molecular flexibility index (Phi) is 3.19. The Morgan fingerprint density at radius 3 is 2.13 bits per heavy atom. The third-order valence-electron chi connectivity index (χ3n) is 4.09. The van der Waals surface area contributed by atoms with Gasteiger partial charge >= 0.3 is 0 Å². The van der Waals surface area contributed by atoms with Gasteiger partial charge in [0.2, 0.25) is 0 Å². The molecule has 0 saturated carbocycles. The number of hydrogen-bond donors (Lipinski definition) is 1. The van der Waals surface area contributed by atoms with Gasteiger partial charge in [-0.1, -0.05) is 42.5 Å². The molecule has 1 N–H and O–H groups in total. The van der Waals surface area contributed by atoms with Gasteiger partial charge in [-0.15, -0.1) is 0 Å². The Labute approximate surface area is 145 Å². The summed E-state index contributed by atoms with van der Waals surface area (Å²) in [5, 5.41) is 11.3. The van der Waals surface area contributed by atoms with E-state index in [1.54, 1.807) is 30.3 Å². The first-order chi connectivity index (χ1) is 11.1. The van der Waals surface area contributed by atoms with E-state index in [4.69, 9.17) is 0 Å². The summed E-state index contributed by atoms with van der Waals surface area (Å²) in [6, 6.07) is 14.1. The highest BCUT2D eigenvalue weighted by Gasteiger charge is 2.42. The Morgan fingerprint density at radius 1 is 0.913 bits per heavy atom. The zero-order valence-electron chi connectivity index (χ0n) is 11.8. The van der Waals surface area contributed by atoms with E-state index in [1.165, 1.54) is 0 Å². The van der Waals surface area contributed by atoms with Crippen molar-refractivity contribution in [2.45, 2.75) is 5.92 Å². The van der Waals surface area contributed by atoms with Crippen molar-refractivity contribution < 1.29 is 14.7 Å². The summed E-state index contributed by atoms with van der Waals surface area (Å²) >= 11 is 2.02. The molecule has 1 heterocycles. The minimum Gasteiger partial charge on any atom is -0.505 e. The summed E-state index contributed by atoms with van der Waals surface area (Å²) in [7, 11) is 0. The van der Waals surface area contributed by atoms with Crippen molar-refractivity contribution in [3.8, 4) is 5.75 Å². The molecule has 4 nitrogen and oxygen atoms in total. The number of nitrogens with zero attached hydrogens (tertiary/aromatic N) is 1. The number of rotatable bonds is 1. The van der Waals surface area contributed by atoms with Crippen molar-refractivity contribution in [1.82, 2.24) is 4.98 Å². The van der Waals surface area contributed by atoms with Crippen molar-refractivity contribution >= 4 is 45.1 Å². The van der Waals surface area contributed by atoms with Crippen LogP contribution in [0.1, 0.15) is 32.3 Å². The Balaban J connectivity index is 1.96.